The van der Waals surface area contributed by atoms with Gasteiger partial charge >= 0.3 is 0 Å². The van der Waals surface area contributed by atoms with Crippen molar-refractivity contribution in [1.29, 1.82) is 0 Å². The SMILES string of the molecule is CC1C=c2c(cc3c(c2S(=O)(=O)[O-])Oc2c(cc4c(c2S(=O)(=O)O)CC(C)C4(C)C)C=3c2ccc(C(=O)C(C)(C)C)cc2)C1(C)C. The van der Waals surface area contributed by atoms with Gasteiger partial charge < -0.3 is 9.29 Å². The summed E-state index contributed by atoms with van der Waals surface area (Å²) in [6.07, 6.45) is 2.08. The van der Waals surface area contributed by atoms with Gasteiger partial charge in [-0.25, -0.2) is 8.42 Å². The Morgan fingerprint density at radius 2 is 1.52 bits per heavy atom. The molecule has 0 radical (unpaired) electrons. The van der Waals surface area contributed by atoms with Gasteiger partial charge in [-0.05, 0) is 68.7 Å². The highest BCUT2D eigenvalue weighted by Crippen LogP contribution is 2.52. The summed E-state index contributed by atoms with van der Waals surface area (Å²) in [4.78, 5) is 12.1. The Morgan fingerprint density at radius 3 is 2.07 bits per heavy atom. The summed E-state index contributed by atoms with van der Waals surface area (Å²) in [6, 6.07) is 10.5. The quantitative estimate of drug-likeness (QED) is 0.220. The van der Waals surface area contributed by atoms with Gasteiger partial charge in [0.2, 0.25) is 0 Å². The van der Waals surface area contributed by atoms with E-state index < -0.39 is 46.3 Å². The maximum Gasteiger partial charge on any atom is 0.298 e. The zero-order chi connectivity index (χ0) is 34.1. The van der Waals surface area contributed by atoms with Crippen molar-refractivity contribution in [3.63, 3.8) is 0 Å². The van der Waals surface area contributed by atoms with Crippen molar-refractivity contribution in [3.05, 3.63) is 80.2 Å². The van der Waals surface area contributed by atoms with Crippen LogP contribution < -0.4 is 15.2 Å². The van der Waals surface area contributed by atoms with Crippen molar-refractivity contribution in [1.82, 2.24) is 0 Å². The Morgan fingerprint density at radius 1 is 0.913 bits per heavy atom. The third kappa shape index (κ3) is 4.71. The molecule has 2 unspecified atom stereocenters. The summed E-state index contributed by atoms with van der Waals surface area (Å²) < 4.78 is 82.6. The third-order valence-electron chi connectivity index (χ3n) is 10.7. The number of ketones is 1. The first-order valence-electron chi connectivity index (χ1n) is 15.4. The van der Waals surface area contributed by atoms with E-state index in [0.29, 0.717) is 45.0 Å². The van der Waals surface area contributed by atoms with Crippen LogP contribution in [0, 0.1) is 17.3 Å². The fraction of sp³-hybridized carbons (Fsp3) is 0.417. The molecule has 0 amide bonds. The molecule has 0 aromatic heterocycles. The highest BCUT2D eigenvalue weighted by atomic mass is 32.2. The minimum absolute atomic E-state index is 0.0126. The van der Waals surface area contributed by atoms with Gasteiger partial charge in [-0.3, -0.25) is 9.35 Å². The molecular formula is C36H39O8S2-. The van der Waals surface area contributed by atoms with Gasteiger partial charge in [0.1, 0.15) is 19.9 Å². The topological polar surface area (TPSA) is 138 Å². The zero-order valence-corrected chi connectivity index (χ0v) is 29.2. The van der Waals surface area contributed by atoms with Crippen LogP contribution in [0.2, 0.25) is 0 Å². The molecule has 6 rings (SSSR count). The molecule has 0 bridgehead atoms. The van der Waals surface area contributed by atoms with E-state index in [9.17, 15) is 30.7 Å². The van der Waals surface area contributed by atoms with Crippen LogP contribution in [0.25, 0.3) is 11.6 Å². The Balaban J connectivity index is 1.83. The third-order valence-corrected chi connectivity index (χ3v) is 12.5. The standard InChI is InChI=1S/C36H40O8S2/c1-18-14-22-26(35(18,6)7)16-24-28(20-10-12-21(13-11-20)33(37)34(3,4)5)25-17-27-23(15-19(2)36(27,8)9)32(46(41,42)43)30(25)44-29(24)31(22)45(38,39)40/h10-14,16-19H,15H2,1-9H3,(H,38,39,40)(H,41,42,43)/p-1. The summed E-state index contributed by atoms with van der Waals surface area (Å²) in [5.74, 6) is -0.678. The Labute approximate surface area is 270 Å². The van der Waals surface area contributed by atoms with Crippen LogP contribution in [-0.4, -0.2) is 31.7 Å². The van der Waals surface area contributed by atoms with Crippen molar-refractivity contribution in [3.8, 4) is 11.5 Å². The molecule has 1 aliphatic heterocycles. The maximum atomic E-state index is 13.2. The van der Waals surface area contributed by atoms with Crippen LogP contribution in [0.15, 0.2) is 46.2 Å². The number of hydrogen-bond donors (Lipinski definition) is 1. The number of Topliss-reactive ketones (excluding diaryl/α,β-unsaturated/α-hetero) is 1. The van der Waals surface area contributed by atoms with Gasteiger partial charge in [0, 0.05) is 27.3 Å². The molecule has 3 aliphatic rings. The van der Waals surface area contributed by atoms with Crippen molar-refractivity contribution < 1.29 is 35.5 Å². The molecule has 1 N–H and O–H groups in total. The molecule has 0 spiro atoms. The fourth-order valence-corrected chi connectivity index (χ4v) is 8.93. The van der Waals surface area contributed by atoms with Crippen LogP contribution in [0.1, 0.15) is 100 Å². The lowest BCUT2D eigenvalue weighted by atomic mass is 9.77. The highest BCUT2D eigenvalue weighted by Gasteiger charge is 2.44. The summed E-state index contributed by atoms with van der Waals surface area (Å²) in [7, 11) is -10.0. The summed E-state index contributed by atoms with van der Waals surface area (Å²) in [6.45, 7) is 17.4. The molecule has 0 saturated heterocycles. The van der Waals surface area contributed by atoms with Crippen molar-refractivity contribution >= 4 is 37.7 Å². The van der Waals surface area contributed by atoms with Crippen LogP contribution in [0.3, 0.4) is 0 Å². The summed E-state index contributed by atoms with van der Waals surface area (Å²) in [5.41, 5.74) is 1.99. The first-order chi connectivity index (χ1) is 21.0. The van der Waals surface area contributed by atoms with Gasteiger partial charge in [-0.15, -0.1) is 0 Å². The van der Waals surface area contributed by atoms with Gasteiger partial charge in [0.05, 0.1) is 0 Å². The molecule has 0 saturated carbocycles. The highest BCUT2D eigenvalue weighted by molar-refractivity contribution is 7.86. The Bertz CT molecular complexity index is 2220. The van der Waals surface area contributed by atoms with Crippen LogP contribution in [0.5, 0.6) is 11.5 Å². The molecule has 3 aromatic carbocycles. The average Bonchev–Trinajstić information content (AvgIpc) is 3.28. The number of fused-ring (bicyclic) bond motifs is 4. The van der Waals surface area contributed by atoms with Crippen LogP contribution >= 0.6 is 0 Å². The monoisotopic (exact) mass is 663 g/mol. The van der Waals surface area contributed by atoms with E-state index in [2.05, 4.69) is 0 Å². The minimum atomic E-state index is -5.15. The predicted molar refractivity (Wildman–Crippen MR) is 174 cm³/mol. The number of carbonyl (C=O) groups excluding carboxylic acids is 1. The van der Waals surface area contributed by atoms with E-state index in [0.717, 1.165) is 5.56 Å². The van der Waals surface area contributed by atoms with E-state index >= 15 is 0 Å². The number of ether oxygens (including phenoxy) is 1. The second-order valence-electron chi connectivity index (χ2n) is 15.2. The molecule has 2 aliphatic carbocycles. The van der Waals surface area contributed by atoms with E-state index in [4.69, 9.17) is 4.74 Å². The Hall–Kier alpha value is -3.31. The lowest BCUT2D eigenvalue weighted by Crippen LogP contribution is -2.32. The lowest BCUT2D eigenvalue weighted by Gasteiger charge is -2.31. The maximum absolute atomic E-state index is 13.2. The average molecular weight is 664 g/mol. The first-order valence-corrected chi connectivity index (χ1v) is 18.2. The molecule has 10 heteroatoms. The largest absolute Gasteiger partial charge is 0.744 e. The number of hydrogen-bond acceptors (Lipinski definition) is 7. The lowest BCUT2D eigenvalue weighted by molar-refractivity contribution is 0.0858. The number of rotatable bonds is 4. The summed E-state index contributed by atoms with van der Waals surface area (Å²) in [5, 5.41) is 0.556. The minimum Gasteiger partial charge on any atom is -0.744 e. The summed E-state index contributed by atoms with van der Waals surface area (Å²) >= 11 is 0. The molecule has 244 valence electrons. The van der Waals surface area contributed by atoms with Gasteiger partial charge in [-0.2, -0.15) is 8.42 Å². The van der Waals surface area contributed by atoms with Crippen LogP contribution in [0.4, 0.5) is 0 Å². The fourth-order valence-electron chi connectivity index (χ4n) is 7.21. The van der Waals surface area contributed by atoms with Crippen molar-refractivity contribution in [2.45, 2.75) is 89.4 Å². The van der Waals surface area contributed by atoms with E-state index in [1.807, 2.05) is 74.4 Å². The molecule has 46 heavy (non-hydrogen) atoms. The van der Waals surface area contributed by atoms with E-state index in [1.54, 1.807) is 30.3 Å². The van der Waals surface area contributed by atoms with Crippen LogP contribution in [-0.2, 0) is 37.5 Å². The van der Waals surface area contributed by atoms with E-state index in [1.165, 1.54) is 0 Å². The molecule has 2 atom stereocenters. The van der Waals surface area contributed by atoms with E-state index in [-0.39, 0.29) is 34.3 Å². The Kier molecular flexibility index (Phi) is 6.99. The molecule has 0 fully saturated rings. The molecule has 3 aromatic rings. The smallest absolute Gasteiger partial charge is 0.298 e. The second-order valence-corrected chi connectivity index (χ2v) is 17.9. The zero-order valence-electron chi connectivity index (χ0n) is 27.5. The predicted octanol–water partition coefficient (Wildman–Crippen LogP) is 5.60. The normalized spacial score (nSPS) is 21.1. The van der Waals surface area contributed by atoms with Gasteiger partial charge in [0.15, 0.2) is 17.3 Å². The number of carbonyl (C=O) groups is 1. The van der Waals surface area contributed by atoms with Crippen molar-refractivity contribution in [2.24, 2.45) is 17.3 Å². The second kappa shape index (κ2) is 9.86. The van der Waals surface area contributed by atoms with Gasteiger partial charge in [0.25, 0.3) is 10.1 Å². The molecular weight excluding hydrogens is 625 g/mol. The molecule has 1 heterocycles. The van der Waals surface area contributed by atoms with Gasteiger partial charge in [-0.1, -0.05) is 92.7 Å². The first kappa shape index (κ1) is 32.6. The number of benzene rings is 3. The van der Waals surface area contributed by atoms with Crippen molar-refractivity contribution in [2.75, 3.05) is 0 Å². The molecule has 8 nitrogen and oxygen atoms in total.